The first-order valence-electron chi connectivity index (χ1n) is 7.51. The smallest absolute Gasteiger partial charge is 0.384 e. The van der Waals surface area contributed by atoms with Crippen LogP contribution in [-0.2, 0) is 16.0 Å². The molecule has 1 aliphatic rings. The van der Waals surface area contributed by atoms with Gasteiger partial charge in [0.15, 0.2) is 0 Å². The van der Waals surface area contributed by atoms with Crippen LogP contribution < -0.4 is 10.6 Å². The van der Waals surface area contributed by atoms with Crippen molar-refractivity contribution in [3.63, 3.8) is 0 Å². The van der Waals surface area contributed by atoms with E-state index in [4.69, 9.17) is 4.74 Å². The molecule has 0 spiro atoms. The van der Waals surface area contributed by atoms with E-state index >= 15 is 0 Å². The maximum atomic E-state index is 12.6. The first-order valence-corrected chi connectivity index (χ1v) is 7.51. The summed E-state index contributed by atoms with van der Waals surface area (Å²) in [4.78, 5) is 12.6. The molecule has 0 unspecified atom stereocenters. The first-order chi connectivity index (χ1) is 10.8. The summed E-state index contributed by atoms with van der Waals surface area (Å²) >= 11 is 0. The number of ether oxygens (including phenoxy) is 1. The molecule has 0 atom stereocenters. The Labute approximate surface area is 133 Å². The number of rotatable bonds is 5. The molecule has 128 valence electrons. The maximum absolute atomic E-state index is 12.6. The molecule has 1 aromatic carbocycles. The van der Waals surface area contributed by atoms with Crippen molar-refractivity contribution in [2.45, 2.75) is 25.4 Å². The van der Waals surface area contributed by atoms with Gasteiger partial charge in [0.25, 0.3) is 0 Å². The van der Waals surface area contributed by atoms with Crippen molar-refractivity contribution < 1.29 is 22.7 Å². The van der Waals surface area contributed by atoms with Crippen LogP contribution in [0.5, 0.6) is 0 Å². The number of methoxy groups -OCH3 is 1. The molecule has 0 bridgehead atoms. The molecule has 1 aliphatic heterocycles. The van der Waals surface area contributed by atoms with Gasteiger partial charge in [-0.1, -0.05) is 12.1 Å². The Balaban J connectivity index is 2.10. The third-order valence-electron chi connectivity index (χ3n) is 4.05. The van der Waals surface area contributed by atoms with Crippen LogP contribution in [0.2, 0.25) is 0 Å². The van der Waals surface area contributed by atoms with E-state index in [1.54, 1.807) is 13.2 Å². The fourth-order valence-corrected chi connectivity index (χ4v) is 2.87. The molecule has 1 saturated heterocycles. The fourth-order valence-electron chi connectivity index (χ4n) is 2.87. The molecule has 7 heteroatoms. The molecule has 0 aliphatic carbocycles. The average Bonchev–Trinajstić information content (AvgIpc) is 2.47. The van der Waals surface area contributed by atoms with E-state index in [9.17, 15) is 18.0 Å². The molecule has 0 saturated carbocycles. The summed E-state index contributed by atoms with van der Waals surface area (Å²) in [5.41, 5.74) is -0.132. The van der Waals surface area contributed by atoms with Crippen LogP contribution >= 0.6 is 0 Å². The number of hydrogen-bond acceptors (Lipinski definition) is 3. The van der Waals surface area contributed by atoms with Gasteiger partial charge in [-0.3, -0.25) is 4.79 Å². The molecule has 1 fully saturated rings. The van der Waals surface area contributed by atoms with E-state index in [2.05, 4.69) is 10.6 Å². The van der Waals surface area contributed by atoms with Crippen molar-refractivity contribution in [2.75, 3.05) is 32.1 Å². The van der Waals surface area contributed by atoms with E-state index in [1.807, 2.05) is 0 Å². The number of hydrogen-bond donors (Lipinski definition) is 2. The number of halogens is 3. The van der Waals surface area contributed by atoms with Gasteiger partial charge in [0, 0.05) is 12.8 Å². The van der Waals surface area contributed by atoms with Crippen LogP contribution in [0.4, 0.5) is 18.9 Å². The molecule has 23 heavy (non-hydrogen) atoms. The SMILES string of the molecule is COCC1(C(=O)Nc2cccc(CC(F)(F)F)c2)CCNCC1. The molecule has 0 radical (unpaired) electrons. The summed E-state index contributed by atoms with van der Waals surface area (Å²) in [7, 11) is 1.54. The summed E-state index contributed by atoms with van der Waals surface area (Å²) < 4.78 is 42.6. The number of alkyl halides is 3. The summed E-state index contributed by atoms with van der Waals surface area (Å²) in [6.45, 7) is 1.72. The second kappa shape index (κ2) is 7.31. The summed E-state index contributed by atoms with van der Waals surface area (Å²) in [5, 5.41) is 5.94. The molecule has 2 rings (SSSR count). The predicted molar refractivity (Wildman–Crippen MR) is 81.2 cm³/mol. The lowest BCUT2D eigenvalue weighted by Crippen LogP contribution is -2.47. The van der Waals surface area contributed by atoms with E-state index in [0.29, 0.717) is 38.2 Å². The monoisotopic (exact) mass is 330 g/mol. The van der Waals surface area contributed by atoms with E-state index < -0.39 is 18.0 Å². The van der Waals surface area contributed by atoms with Crippen molar-refractivity contribution in [3.8, 4) is 0 Å². The minimum Gasteiger partial charge on any atom is -0.384 e. The largest absolute Gasteiger partial charge is 0.393 e. The standard InChI is InChI=1S/C16H21F3N2O2/c1-23-11-15(5-7-20-8-6-15)14(22)21-13-4-2-3-12(9-13)10-16(17,18)19/h2-4,9,20H,5-8,10-11H2,1H3,(H,21,22). The Kier molecular flexibility index (Phi) is 5.64. The second-order valence-electron chi connectivity index (χ2n) is 5.91. The highest BCUT2D eigenvalue weighted by atomic mass is 19.4. The topological polar surface area (TPSA) is 50.4 Å². The van der Waals surface area contributed by atoms with Crippen LogP contribution in [0.25, 0.3) is 0 Å². The molecule has 4 nitrogen and oxygen atoms in total. The minimum atomic E-state index is -4.27. The quantitative estimate of drug-likeness (QED) is 0.873. The zero-order valence-electron chi connectivity index (χ0n) is 13.0. The normalized spacial score (nSPS) is 17.7. The highest BCUT2D eigenvalue weighted by Crippen LogP contribution is 2.31. The van der Waals surface area contributed by atoms with Gasteiger partial charge in [-0.2, -0.15) is 13.2 Å². The average molecular weight is 330 g/mol. The Morgan fingerprint density at radius 2 is 2.04 bits per heavy atom. The predicted octanol–water partition coefficient (Wildman–Crippen LogP) is 2.75. The Bertz CT molecular complexity index is 535. The number of benzene rings is 1. The zero-order valence-corrected chi connectivity index (χ0v) is 13.0. The highest BCUT2D eigenvalue weighted by molar-refractivity contribution is 5.95. The van der Waals surface area contributed by atoms with Crippen LogP contribution in [-0.4, -0.2) is 38.9 Å². The van der Waals surface area contributed by atoms with Crippen molar-refractivity contribution in [2.24, 2.45) is 5.41 Å². The van der Waals surface area contributed by atoms with Gasteiger partial charge in [0.2, 0.25) is 5.91 Å². The molecule has 1 heterocycles. The van der Waals surface area contributed by atoms with Crippen molar-refractivity contribution >= 4 is 11.6 Å². The maximum Gasteiger partial charge on any atom is 0.393 e. The summed E-state index contributed by atoms with van der Waals surface area (Å²) in [6, 6.07) is 5.88. The number of amides is 1. The summed E-state index contributed by atoms with van der Waals surface area (Å²) in [5.74, 6) is -0.204. The molecule has 1 aromatic rings. The van der Waals surface area contributed by atoms with Gasteiger partial charge in [0.1, 0.15) is 0 Å². The van der Waals surface area contributed by atoms with Gasteiger partial charge in [-0.25, -0.2) is 0 Å². The Hall–Kier alpha value is -1.60. The van der Waals surface area contributed by atoms with Crippen LogP contribution in [0.15, 0.2) is 24.3 Å². The van der Waals surface area contributed by atoms with Crippen molar-refractivity contribution in [3.05, 3.63) is 29.8 Å². The van der Waals surface area contributed by atoms with Gasteiger partial charge in [0.05, 0.1) is 18.4 Å². The van der Waals surface area contributed by atoms with Gasteiger partial charge in [-0.15, -0.1) is 0 Å². The third-order valence-corrected chi connectivity index (χ3v) is 4.05. The number of piperidine rings is 1. The fraction of sp³-hybridized carbons (Fsp3) is 0.562. The van der Waals surface area contributed by atoms with Gasteiger partial charge < -0.3 is 15.4 Å². The number of nitrogens with one attached hydrogen (secondary N) is 2. The van der Waals surface area contributed by atoms with Crippen LogP contribution in [0.1, 0.15) is 18.4 Å². The third kappa shape index (κ3) is 4.94. The van der Waals surface area contributed by atoms with Crippen LogP contribution in [0, 0.1) is 5.41 Å². The molecule has 0 aromatic heterocycles. The second-order valence-corrected chi connectivity index (χ2v) is 5.91. The molecule has 2 N–H and O–H groups in total. The van der Waals surface area contributed by atoms with E-state index in [1.165, 1.54) is 18.2 Å². The summed E-state index contributed by atoms with van der Waals surface area (Å²) in [6.07, 6.45) is -4.01. The van der Waals surface area contributed by atoms with Gasteiger partial charge >= 0.3 is 6.18 Å². The number of anilines is 1. The molecular weight excluding hydrogens is 309 g/mol. The van der Waals surface area contributed by atoms with E-state index in [0.717, 1.165) is 0 Å². The lowest BCUT2D eigenvalue weighted by atomic mass is 9.78. The lowest BCUT2D eigenvalue weighted by Gasteiger charge is -2.35. The zero-order chi connectivity index (χ0) is 16.9. The van der Waals surface area contributed by atoms with Crippen LogP contribution in [0.3, 0.4) is 0 Å². The molecular formula is C16H21F3N2O2. The van der Waals surface area contributed by atoms with Crippen molar-refractivity contribution in [1.29, 1.82) is 0 Å². The molecule has 1 amide bonds. The lowest BCUT2D eigenvalue weighted by molar-refractivity contribution is -0.130. The Morgan fingerprint density at radius 3 is 2.65 bits per heavy atom. The first kappa shape index (κ1) is 17.7. The minimum absolute atomic E-state index is 0.126. The number of carbonyl (C=O) groups excluding carboxylic acids is 1. The van der Waals surface area contributed by atoms with E-state index in [-0.39, 0.29) is 11.5 Å². The highest BCUT2D eigenvalue weighted by Gasteiger charge is 2.39. The van der Waals surface area contributed by atoms with Gasteiger partial charge in [-0.05, 0) is 43.6 Å². The Morgan fingerprint density at radius 1 is 1.35 bits per heavy atom. The number of carbonyl (C=O) groups is 1. The van der Waals surface area contributed by atoms with Crippen molar-refractivity contribution in [1.82, 2.24) is 5.32 Å².